The highest BCUT2D eigenvalue weighted by atomic mass is 35.5. The lowest BCUT2D eigenvalue weighted by Gasteiger charge is -2.03. The van der Waals surface area contributed by atoms with Crippen molar-refractivity contribution in [1.82, 2.24) is 9.97 Å². The van der Waals surface area contributed by atoms with Gasteiger partial charge in [-0.3, -0.25) is 9.78 Å². The lowest BCUT2D eigenvalue weighted by atomic mass is 10.1. The molecular weight excluding hydrogens is 251 g/mol. The summed E-state index contributed by atoms with van der Waals surface area (Å²) in [5, 5.41) is 0.434. The standard InChI is InChI=1S/C10H8Cl2N2O2/c11-8(12)4-5-1-2-6-7(3-5)13-10(16)14-9(6)15/h1-3,8H,4H2,(H2,13,14,15,16). The van der Waals surface area contributed by atoms with Crippen molar-refractivity contribution in [2.24, 2.45) is 0 Å². The van der Waals surface area contributed by atoms with Crippen molar-refractivity contribution in [3.8, 4) is 0 Å². The van der Waals surface area contributed by atoms with E-state index in [1.165, 1.54) is 0 Å². The Bertz CT molecular complexity index is 630. The van der Waals surface area contributed by atoms with Crippen LogP contribution in [0, 0.1) is 0 Å². The number of halogens is 2. The zero-order valence-electron chi connectivity index (χ0n) is 8.09. The van der Waals surface area contributed by atoms with E-state index in [-0.39, 0.29) is 0 Å². The van der Waals surface area contributed by atoms with Gasteiger partial charge < -0.3 is 4.98 Å². The molecule has 2 rings (SSSR count). The molecule has 0 aliphatic carbocycles. The number of alkyl halides is 2. The van der Waals surface area contributed by atoms with Crippen LogP contribution in [0.15, 0.2) is 27.8 Å². The fourth-order valence-corrected chi connectivity index (χ4v) is 1.88. The molecule has 0 bridgehead atoms. The van der Waals surface area contributed by atoms with Gasteiger partial charge in [-0.25, -0.2) is 4.79 Å². The molecule has 0 spiro atoms. The smallest absolute Gasteiger partial charge is 0.307 e. The molecule has 2 N–H and O–H groups in total. The summed E-state index contributed by atoms with van der Waals surface area (Å²) in [6.07, 6.45) is 0.466. The van der Waals surface area contributed by atoms with Crippen molar-refractivity contribution in [1.29, 1.82) is 0 Å². The molecule has 0 amide bonds. The van der Waals surface area contributed by atoms with E-state index in [0.717, 1.165) is 5.56 Å². The summed E-state index contributed by atoms with van der Waals surface area (Å²) in [6, 6.07) is 5.09. The van der Waals surface area contributed by atoms with Crippen LogP contribution in [0.3, 0.4) is 0 Å². The van der Waals surface area contributed by atoms with Crippen LogP contribution < -0.4 is 11.2 Å². The van der Waals surface area contributed by atoms with Gasteiger partial charge in [0, 0.05) is 6.42 Å². The maximum atomic E-state index is 11.4. The van der Waals surface area contributed by atoms with Gasteiger partial charge in [0.15, 0.2) is 0 Å². The Balaban J connectivity index is 2.62. The lowest BCUT2D eigenvalue weighted by molar-refractivity contribution is 1.06. The average molecular weight is 259 g/mol. The van der Waals surface area contributed by atoms with E-state index < -0.39 is 16.1 Å². The molecule has 0 fully saturated rings. The second kappa shape index (κ2) is 4.31. The predicted octanol–water partition coefficient (Wildman–Crippen LogP) is 1.56. The largest absolute Gasteiger partial charge is 0.326 e. The van der Waals surface area contributed by atoms with Gasteiger partial charge in [-0.1, -0.05) is 6.07 Å². The van der Waals surface area contributed by atoms with E-state index in [1.807, 2.05) is 0 Å². The zero-order chi connectivity index (χ0) is 11.7. The normalized spacial score (nSPS) is 11.2. The van der Waals surface area contributed by atoms with Crippen LogP contribution in [0.5, 0.6) is 0 Å². The minimum Gasteiger partial charge on any atom is -0.307 e. The van der Waals surface area contributed by atoms with Crippen molar-refractivity contribution in [3.63, 3.8) is 0 Å². The number of aromatic amines is 2. The third-order valence-electron chi connectivity index (χ3n) is 2.19. The van der Waals surface area contributed by atoms with Crippen LogP contribution in [-0.4, -0.2) is 14.8 Å². The minimum atomic E-state index is -0.525. The fraction of sp³-hybridized carbons (Fsp3) is 0.200. The van der Waals surface area contributed by atoms with Gasteiger partial charge in [0.25, 0.3) is 5.56 Å². The van der Waals surface area contributed by atoms with Crippen molar-refractivity contribution in [2.75, 3.05) is 0 Å². The first kappa shape index (κ1) is 11.2. The third-order valence-corrected chi connectivity index (χ3v) is 2.50. The molecule has 1 aromatic carbocycles. The van der Waals surface area contributed by atoms with Crippen LogP contribution in [0.25, 0.3) is 10.9 Å². The van der Waals surface area contributed by atoms with Gasteiger partial charge in [-0.05, 0) is 17.7 Å². The Morgan fingerprint density at radius 2 is 1.94 bits per heavy atom. The maximum absolute atomic E-state index is 11.4. The van der Waals surface area contributed by atoms with Gasteiger partial charge in [0.05, 0.1) is 10.9 Å². The first-order valence-corrected chi connectivity index (χ1v) is 5.47. The zero-order valence-corrected chi connectivity index (χ0v) is 9.60. The summed E-state index contributed by atoms with van der Waals surface area (Å²) in [6.45, 7) is 0. The summed E-state index contributed by atoms with van der Waals surface area (Å²) in [5.74, 6) is 0. The quantitative estimate of drug-likeness (QED) is 0.804. The Morgan fingerprint density at radius 3 is 2.62 bits per heavy atom. The van der Waals surface area contributed by atoms with Crippen molar-refractivity contribution in [3.05, 3.63) is 44.6 Å². The molecule has 84 valence electrons. The topological polar surface area (TPSA) is 65.7 Å². The number of aromatic nitrogens is 2. The van der Waals surface area contributed by atoms with Crippen LogP contribution >= 0.6 is 23.2 Å². The third kappa shape index (κ3) is 2.28. The number of nitrogens with one attached hydrogen (secondary N) is 2. The Morgan fingerprint density at radius 1 is 1.19 bits per heavy atom. The van der Waals surface area contributed by atoms with Crippen LogP contribution in [0.4, 0.5) is 0 Å². The molecule has 16 heavy (non-hydrogen) atoms. The Kier molecular flexibility index (Phi) is 3.03. The van der Waals surface area contributed by atoms with Crippen molar-refractivity contribution in [2.45, 2.75) is 11.3 Å². The molecule has 4 nitrogen and oxygen atoms in total. The van der Waals surface area contributed by atoms with Crippen LogP contribution in [-0.2, 0) is 6.42 Å². The van der Waals surface area contributed by atoms with Crippen molar-refractivity contribution < 1.29 is 0 Å². The van der Waals surface area contributed by atoms with Gasteiger partial charge >= 0.3 is 5.69 Å². The molecule has 0 aliphatic heterocycles. The van der Waals surface area contributed by atoms with E-state index >= 15 is 0 Å². The molecule has 6 heteroatoms. The van der Waals surface area contributed by atoms with Gasteiger partial charge in [-0.15, -0.1) is 23.2 Å². The molecule has 0 unspecified atom stereocenters. The number of fused-ring (bicyclic) bond motifs is 1. The summed E-state index contributed by atoms with van der Waals surface area (Å²) in [5.41, 5.74) is 0.422. The number of H-pyrrole nitrogens is 2. The monoisotopic (exact) mass is 258 g/mol. The molecule has 1 heterocycles. The fourth-order valence-electron chi connectivity index (χ4n) is 1.52. The molecule has 0 atom stereocenters. The van der Waals surface area contributed by atoms with E-state index in [2.05, 4.69) is 9.97 Å². The first-order chi connectivity index (χ1) is 7.56. The van der Waals surface area contributed by atoms with Gasteiger partial charge in [0.1, 0.15) is 4.84 Å². The number of hydrogen-bond donors (Lipinski definition) is 2. The highest BCUT2D eigenvalue weighted by Gasteiger charge is 2.05. The van der Waals surface area contributed by atoms with Crippen LogP contribution in [0.1, 0.15) is 5.56 Å². The number of hydrogen-bond acceptors (Lipinski definition) is 2. The Labute approximate surface area is 100 Å². The summed E-state index contributed by atoms with van der Waals surface area (Å²) >= 11 is 11.3. The SMILES string of the molecule is O=c1[nH]c(=O)c2ccc(CC(Cl)Cl)cc2[nH]1. The number of rotatable bonds is 2. The average Bonchev–Trinajstić information content (AvgIpc) is 2.15. The molecular formula is C10H8Cl2N2O2. The van der Waals surface area contributed by atoms with Gasteiger partial charge in [-0.2, -0.15) is 0 Å². The Hall–Kier alpha value is -1.26. The first-order valence-electron chi connectivity index (χ1n) is 4.59. The molecule has 0 saturated heterocycles. The summed E-state index contributed by atoms with van der Waals surface area (Å²) in [4.78, 5) is 26.7. The predicted molar refractivity (Wildman–Crippen MR) is 64.4 cm³/mol. The molecule has 0 aliphatic rings. The second-order valence-electron chi connectivity index (χ2n) is 3.38. The van der Waals surface area contributed by atoms with E-state index in [1.54, 1.807) is 18.2 Å². The van der Waals surface area contributed by atoms with E-state index in [9.17, 15) is 9.59 Å². The maximum Gasteiger partial charge on any atom is 0.326 e. The van der Waals surface area contributed by atoms with Crippen molar-refractivity contribution >= 4 is 34.1 Å². The van der Waals surface area contributed by atoms with Crippen LogP contribution in [0.2, 0.25) is 0 Å². The summed E-state index contributed by atoms with van der Waals surface area (Å²) < 4.78 is 0. The second-order valence-corrected chi connectivity index (χ2v) is 4.66. The highest BCUT2D eigenvalue weighted by molar-refractivity contribution is 6.44. The van der Waals surface area contributed by atoms with E-state index in [4.69, 9.17) is 23.2 Å². The highest BCUT2D eigenvalue weighted by Crippen LogP contribution is 2.14. The molecule has 0 saturated carbocycles. The molecule has 0 radical (unpaired) electrons. The summed E-state index contributed by atoms with van der Waals surface area (Å²) in [7, 11) is 0. The molecule has 2 aromatic rings. The number of benzene rings is 1. The molecule has 1 aromatic heterocycles. The van der Waals surface area contributed by atoms with Gasteiger partial charge in [0.2, 0.25) is 0 Å². The van der Waals surface area contributed by atoms with E-state index in [0.29, 0.717) is 17.3 Å². The lowest BCUT2D eigenvalue weighted by Crippen LogP contribution is -2.21. The minimum absolute atomic E-state index is 0.404.